The first-order valence-corrected chi connectivity index (χ1v) is 7.07. The molecule has 2 rings (SSSR count). The van der Waals surface area contributed by atoms with Gasteiger partial charge in [0.15, 0.2) is 0 Å². The zero-order valence-corrected chi connectivity index (χ0v) is 12.7. The van der Waals surface area contributed by atoms with E-state index in [1.165, 1.54) is 0 Å². The Morgan fingerprint density at radius 1 is 1.26 bits per heavy atom. The number of nitrogens with zero attached hydrogens (tertiary/aromatic N) is 2. The number of para-hydroxylation sites is 1. The zero-order chi connectivity index (χ0) is 13.8. The fourth-order valence-electron chi connectivity index (χ4n) is 1.85. The van der Waals surface area contributed by atoms with E-state index >= 15 is 0 Å². The van der Waals surface area contributed by atoms with E-state index in [1.54, 1.807) is 0 Å². The minimum atomic E-state index is 0.472. The second kappa shape index (κ2) is 6.10. The lowest BCUT2D eigenvalue weighted by Gasteiger charge is -2.21. The summed E-state index contributed by atoms with van der Waals surface area (Å²) in [5, 5.41) is 9.15. The molecule has 2 nitrogen and oxygen atoms in total. The van der Waals surface area contributed by atoms with Gasteiger partial charge in [-0.05, 0) is 29.8 Å². The van der Waals surface area contributed by atoms with Gasteiger partial charge >= 0.3 is 0 Å². The Hall–Kier alpha value is -1.50. The average Bonchev–Trinajstić information content (AvgIpc) is 2.46. The van der Waals surface area contributed by atoms with Crippen molar-refractivity contribution in [2.45, 2.75) is 5.88 Å². The molecule has 0 aromatic heterocycles. The summed E-state index contributed by atoms with van der Waals surface area (Å²) in [6, 6.07) is 15.7. The van der Waals surface area contributed by atoms with Gasteiger partial charge in [0.1, 0.15) is 6.07 Å². The van der Waals surface area contributed by atoms with Gasteiger partial charge in [-0.25, -0.2) is 0 Å². The second-order valence-corrected chi connectivity index (χ2v) is 5.22. The van der Waals surface area contributed by atoms with Crippen LogP contribution in [-0.4, -0.2) is 7.05 Å². The maximum Gasteiger partial charge on any atom is 0.101 e. The largest absolute Gasteiger partial charge is 0.344 e. The number of hydrogen-bond donors (Lipinski definition) is 0. The molecule has 19 heavy (non-hydrogen) atoms. The minimum absolute atomic E-state index is 0.472. The summed E-state index contributed by atoms with van der Waals surface area (Å²) < 4.78 is 0.973. The Morgan fingerprint density at radius 3 is 2.63 bits per heavy atom. The summed E-state index contributed by atoms with van der Waals surface area (Å²) >= 11 is 9.35. The fraction of sp³-hybridized carbons (Fsp3) is 0.133. The van der Waals surface area contributed by atoms with Crippen molar-refractivity contribution in [3.8, 4) is 6.07 Å². The van der Waals surface area contributed by atoms with Gasteiger partial charge in [-0.2, -0.15) is 5.26 Å². The lowest BCUT2D eigenvalue weighted by Crippen LogP contribution is -2.11. The first kappa shape index (κ1) is 13.9. The summed E-state index contributed by atoms with van der Waals surface area (Å²) in [6.45, 7) is 0. The van der Waals surface area contributed by atoms with Gasteiger partial charge in [0.2, 0.25) is 0 Å². The van der Waals surface area contributed by atoms with Crippen LogP contribution in [0.4, 0.5) is 11.4 Å². The molecule has 2 aromatic rings. The number of anilines is 2. The van der Waals surface area contributed by atoms with Crippen molar-refractivity contribution in [2.24, 2.45) is 0 Å². The first-order chi connectivity index (χ1) is 9.17. The molecule has 0 spiro atoms. The van der Waals surface area contributed by atoms with E-state index in [0.29, 0.717) is 11.4 Å². The third-order valence-corrected chi connectivity index (χ3v) is 3.98. The van der Waals surface area contributed by atoms with E-state index in [1.807, 2.05) is 54.4 Å². The number of rotatable bonds is 3. The maximum atomic E-state index is 9.15. The smallest absolute Gasteiger partial charge is 0.101 e. The van der Waals surface area contributed by atoms with E-state index < -0.39 is 0 Å². The predicted octanol–water partition coefficient (Wildman–Crippen LogP) is 4.83. The van der Waals surface area contributed by atoms with Gasteiger partial charge < -0.3 is 4.90 Å². The SMILES string of the molecule is CN(c1ccc(CCl)c(Br)c1)c1ccccc1C#N. The lowest BCUT2D eigenvalue weighted by molar-refractivity contribution is 1.19. The molecule has 0 bridgehead atoms. The molecular formula is C15H12BrClN2. The fourth-order valence-corrected chi connectivity index (χ4v) is 2.75. The molecule has 0 atom stereocenters. The monoisotopic (exact) mass is 334 g/mol. The van der Waals surface area contributed by atoms with Crippen LogP contribution < -0.4 is 4.90 Å². The third-order valence-electron chi connectivity index (χ3n) is 2.95. The summed E-state index contributed by atoms with van der Waals surface area (Å²) in [5.74, 6) is 0.472. The molecule has 0 radical (unpaired) electrons. The van der Waals surface area contributed by atoms with Gasteiger partial charge in [-0.15, -0.1) is 11.6 Å². The van der Waals surface area contributed by atoms with Crippen molar-refractivity contribution in [1.82, 2.24) is 0 Å². The molecule has 0 heterocycles. The van der Waals surface area contributed by atoms with Crippen LogP contribution in [0.25, 0.3) is 0 Å². The third kappa shape index (κ3) is 2.91. The maximum absolute atomic E-state index is 9.15. The molecule has 0 fully saturated rings. The molecular weight excluding hydrogens is 324 g/mol. The van der Waals surface area contributed by atoms with Crippen LogP contribution in [0, 0.1) is 11.3 Å². The highest BCUT2D eigenvalue weighted by Gasteiger charge is 2.10. The van der Waals surface area contributed by atoms with Gasteiger partial charge in [-0.3, -0.25) is 0 Å². The first-order valence-electron chi connectivity index (χ1n) is 5.74. The Labute approximate surface area is 126 Å². The van der Waals surface area contributed by atoms with Crippen molar-refractivity contribution in [2.75, 3.05) is 11.9 Å². The van der Waals surface area contributed by atoms with E-state index in [9.17, 15) is 0 Å². The van der Waals surface area contributed by atoms with Gasteiger partial charge in [0.05, 0.1) is 11.3 Å². The minimum Gasteiger partial charge on any atom is -0.344 e. The van der Waals surface area contributed by atoms with Crippen molar-refractivity contribution in [1.29, 1.82) is 5.26 Å². The molecule has 0 amide bonds. The standard InChI is InChI=1S/C15H12BrClN2/c1-19(15-5-3-2-4-12(15)10-18)13-7-6-11(9-17)14(16)8-13/h2-8H,9H2,1H3. The van der Waals surface area contributed by atoms with E-state index in [4.69, 9.17) is 16.9 Å². The lowest BCUT2D eigenvalue weighted by atomic mass is 10.1. The average molecular weight is 336 g/mol. The van der Waals surface area contributed by atoms with Crippen LogP contribution in [-0.2, 0) is 5.88 Å². The van der Waals surface area contributed by atoms with Crippen molar-refractivity contribution >= 4 is 38.9 Å². The molecule has 0 unspecified atom stereocenters. The number of hydrogen-bond acceptors (Lipinski definition) is 2. The number of alkyl halides is 1. The Kier molecular flexibility index (Phi) is 4.47. The van der Waals surface area contributed by atoms with Crippen LogP contribution in [0.15, 0.2) is 46.9 Å². The van der Waals surface area contributed by atoms with Gasteiger partial charge in [-0.1, -0.05) is 34.1 Å². The van der Waals surface area contributed by atoms with E-state index in [2.05, 4.69) is 22.0 Å². The van der Waals surface area contributed by atoms with Crippen LogP contribution >= 0.6 is 27.5 Å². The van der Waals surface area contributed by atoms with Crippen LogP contribution in [0.3, 0.4) is 0 Å². The summed E-state index contributed by atoms with van der Waals surface area (Å²) in [7, 11) is 1.94. The van der Waals surface area contributed by atoms with Crippen LogP contribution in [0.5, 0.6) is 0 Å². The molecule has 2 aromatic carbocycles. The Balaban J connectivity index is 2.42. The predicted molar refractivity (Wildman–Crippen MR) is 82.9 cm³/mol. The molecule has 0 saturated carbocycles. The normalized spacial score (nSPS) is 10.0. The number of halogens is 2. The molecule has 4 heteroatoms. The Morgan fingerprint density at radius 2 is 2.00 bits per heavy atom. The number of nitriles is 1. The quantitative estimate of drug-likeness (QED) is 0.751. The van der Waals surface area contributed by atoms with Crippen LogP contribution in [0.1, 0.15) is 11.1 Å². The number of benzene rings is 2. The molecule has 0 N–H and O–H groups in total. The molecule has 0 saturated heterocycles. The van der Waals surface area contributed by atoms with Crippen molar-refractivity contribution in [3.63, 3.8) is 0 Å². The second-order valence-electron chi connectivity index (χ2n) is 4.10. The van der Waals surface area contributed by atoms with Crippen molar-refractivity contribution < 1.29 is 0 Å². The zero-order valence-electron chi connectivity index (χ0n) is 10.4. The van der Waals surface area contributed by atoms with Gasteiger partial charge in [0, 0.05) is 23.1 Å². The topological polar surface area (TPSA) is 27.0 Å². The summed E-state index contributed by atoms with van der Waals surface area (Å²) in [5.41, 5.74) is 3.59. The molecule has 96 valence electrons. The summed E-state index contributed by atoms with van der Waals surface area (Å²) in [6.07, 6.45) is 0. The molecule has 0 aliphatic carbocycles. The van der Waals surface area contributed by atoms with E-state index in [-0.39, 0.29) is 0 Å². The highest BCUT2D eigenvalue weighted by atomic mass is 79.9. The highest BCUT2D eigenvalue weighted by Crippen LogP contribution is 2.30. The highest BCUT2D eigenvalue weighted by molar-refractivity contribution is 9.10. The van der Waals surface area contributed by atoms with E-state index in [0.717, 1.165) is 21.4 Å². The summed E-state index contributed by atoms with van der Waals surface area (Å²) in [4.78, 5) is 1.99. The van der Waals surface area contributed by atoms with Crippen molar-refractivity contribution in [3.05, 3.63) is 58.1 Å². The van der Waals surface area contributed by atoms with Crippen LogP contribution in [0.2, 0.25) is 0 Å². The Bertz CT molecular complexity index is 634. The molecule has 0 aliphatic rings. The molecule has 0 aliphatic heterocycles. The van der Waals surface area contributed by atoms with Gasteiger partial charge in [0.25, 0.3) is 0 Å².